The number of benzene rings is 2. The summed E-state index contributed by atoms with van der Waals surface area (Å²) < 4.78 is 55.1. The summed E-state index contributed by atoms with van der Waals surface area (Å²) in [4.78, 5) is 6.60. The summed E-state index contributed by atoms with van der Waals surface area (Å²) in [6.45, 7) is 5.02. The SMILES string of the molecule is COc1cc(Nc2ccnc3ccc(OC(F)(F)F)cc23)cc(-c2cnn(CCN3CCOCC3)c2)c1. The summed E-state index contributed by atoms with van der Waals surface area (Å²) in [5, 5.41) is 8.29. The first-order valence-electron chi connectivity index (χ1n) is 11.8. The van der Waals surface area contributed by atoms with E-state index in [-0.39, 0.29) is 5.75 Å². The van der Waals surface area contributed by atoms with Crippen molar-refractivity contribution < 1.29 is 27.4 Å². The van der Waals surface area contributed by atoms with Gasteiger partial charge in [-0.25, -0.2) is 0 Å². The van der Waals surface area contributed by atoms with Crippen molar-refractivity contribution in [1.29, 1.82) is 0 Å². The van der Waals surface area contributed by atoms with Crippen LogP contribution in [0.1, 0.15) is 0 Å². The Balaban J connectivity index is 1.38. The molecule has 194 valence electrons. The van der Waals surface area contributed by atoms with Crippen LogP contribution in [0.15, 0.2) is 61.1 Å². The van der Waals surface area contributed by atoms with E-state index in [1.54, 1.807) is 25.6 Å². The maximum absolute atomic E-state index is 12.7. The van der Waals surface area contributed by atoms with Crippen LogP contribution in [0.5, 0.6) is 11.5 Å². The molecule has 11 heteroatoms. The van der Waals surface area contributed by atoms with Gasteiger partial charge < -0.3 is 19.5 Å². The number of morpholine rings is 1. The van der Waals surface area contributed by atoms with Crippen LogP contribution in [-0.2, 0) is 11.3 Å². The lowest BCUT2D eigenvalue weighted by molar-refractivity contribution is -0.274. The van der Waals surface area contributed by atoms with Gasteiger partial charge in [0.1, 0.15) is 11.5 Å². The van der Waals surface area contributed by atoms with Crippen LogP contribution in [0.25, 0.3) is 22.0 Å². The van der Waals surface area contributed by atoms with Crippen LogP contribution in [0.3, 0.4) is 0 Å². The molecule has 0 atom stereocenters. The number of nitrogens with zero attached hydrogens (tertiary/aromatic N) is 4. The third-order valence-corrected chi connectivity index (χ3v) is 6.08. The predicted octanol–water partition coefficient (Wildman–Crippen LogP) is 5.08. The number of alkyl halides is 3. The fourth-order valence-electron chi connectivity index (χ4n) is 4.25. The Hall–Kier alpha value is -3.83. The highest BCUT2D eigenvalue weighted by atomic mass is 19.4. The molecule has 0 amide bonds. The van der Waals surface area contributed by atoms with Gasteiger partial charge in [-0.3, -0.25) is 14.6 Å². The van der Waals surface area contributed by atoms with Crippen LogP contribution in [0.4, 0.5) is 24.5 Å². The first-order chi connectivity index (χ1) is 17.9. The van der Waals surface area contributed by atoms with E-state index in [9.17, 15) is 13.2 Å². The number of hydrogen-bond acceptors (Lipinski definition) is 7. The smallest absolute Gasteiger partial charge is 0.497 e. The minimum atomic E-state index is -4.78. The van der Waals surface area contributed by atoms with Crippen molar-refractivity contribution in [3.8, 4) is 22.6 Å². The second kappa shape index (κ2) is 10.7. The molecular formula is C26H26F3N5O3. The summed E-state index contributed by atoms with van der Waals surface area (Å²) in [7, 11) is 1.58. The Labute approximate surface area is 211 Å². The van der Waals surface area contributed by atoms with E-state index in [4.69, 9.17) is 9.47 Å². The molecule has 2 aromatic heterocycles. The molecule has 3 heterocycles. The summed E-state index contributed by atoms with van der Waals surface area (Å²) in [6, 6.07) is 11.4. The Morgan fingerprint density at radius 1 is 1.00 bits per heavy atom. The van der Waals surface area contributed by atoms with Gasteiger partial charge >= 0.3 is 6.36 Å². The van der Waals surface area contributed by atoms with Crippen molar-refractivity contribution in [2.75, 3.05) is 45.3 Å². The molecule has 0 bridgehead atoms. The number of ether oxygens (including phenoxy) is 3. The van der Waals surface area contributed by atoms with Crippen molar-refractivity contribution in [1.82, 2.24) is 19.7 Å². The Kier molecular flexibility index (Phi) is 7.15. The molecule has 2 aromatic carbocycles. The molecule has 0 saturated carbocycles. The number of halogens is 3. The Bertz CT molecular complexity index is 1370. The monoisotopic (exact) mass is 513 g/mol. The average molecular weight is 514 g/mol. The van der Waals surface area contributed by atoms with Gasteiger partial charge in [-0.15, -0.1) is 13.2 Å². The van der Waals surface area contributed by atoms with Crippen molar-refractivity contribution in [3.05, 3.63) is 61.1 Å². The van der Waals surface area contributed by atoms with E-state index < -0.39 is 6.36 Å². The number of fused-ring (bicyclic) bond motifs is 1. The van der Waals surface area contributed by atoms with E-state index in [0.29, 0.717) is 28.0 Å². The molecule has 0 unspecified atom stereocenters. The van der Waals surface area contributed by atoms with Crippen LogP contribution < -0.4 is 14.8 Å². The molecule has 1 N–H and O–H groups in total. The maximum Gasteiger partial charge on any atom is 0.573 e. The summed E-state index contributed by atoms with van der Waals surface area (Å²) in [6.07, 6.45) is 0.606. The first-order valence-corrected chi connectivity index (χ1v) is 11.8. The third-order valence-electron chi connectivity index (χ3n) is 6.08. The first kappa shape index (κ1) is 24.8. The van der Waals surface area contributed by atoms with E-state index in [1.165, 1.54) is 18.2 Å². The Morgan fingerprint density at radius 2 is 1.84 bits per heavy atom. The lowest BCUT2D eigenvalue weighted by atomic mass is 10.1. The van der Waals surface area contributed by atoms with E-state index in [0.717, 1.165) is 50.5 Å². The minimum Gasteiger partial charge on any atom is -0.497 e. The second-order valence-electron chi connectivity index (χ2n) is 8.61. The van der Waals surface area contributed by atoms with E-state index in [1.807, 2.05) is 29.1 Å². The Morgan fingerprint density at radius 3 is 2.62 bits per heavy atom. The highest BCUT2D eigenvalue weighted by molar-refractivity contribution is 5.94. The fraction of sp³-hybridized carbons (Fsp3) is 0.308. The highest BCUT2D eigenvalue weighted by Gasteiger charge is 2.31. The molecule has 0 aliphatic carbocycles. The molecule has 5 rings (SSSR count). The number of rotatable bonds is 8. The molecule has 1 saturated heterocycles. The number of methoxy groups -OCH3 is 1. The molecule has 37 heavy (non-hydrogen) atoms. The number of nitrogens with one attached hydrogen (secondary N) is 1. The van der Waals surface area contributed by atoms with Gasteiger partial charge in [0.05, 0.1) is 38.6 Å². The molecule has 0 spiro atoms. The van der Waals surface area contributed by atoms with Crippen LogP contribution >= 0.6 is 0 Å². The van der Waals surface area contributed by atoms with Gasteiger partial charge in [-0.1, -0.05) is 0 Å². The molecule has 1 aliphatic heterocycles. The summed E-state index contributed by atoms with van der Waals surface area (Å²) >= 11 is 0. The van der Waals surface area contributed by atoms with Crippen molar-refractivity contribution in [3.63, 3.8) is 0 Å². The van der Waals surface area contributed by atoms with Crippen molar-refractivity contribution in [2.24, 2.45) is 0 Å². The van der Waals surface area contributed by atoms with Crippen LogP contribution in [0.2, 0.25) is 0 Å². The van der Waals surface area contributed by atoms with Gasteiger partial charge in [0.15, 0.2) is 0 Å². The number of anilines is 2. The molecule has 1 aliphatic rings. The van der Waals surface area contributed by atoms with Gasteiger partial charge in [0.2, 0.25) is 0 Å². The lowest BCUT2D eigenvalue weighted by Crippen LogP contribution is -2.38. The minimum absolute atomic E-state index is 0.313. The zero-order valence-electron chi connectivity index (χ0n) is 20.2. The molecule has 1 fully saturated rings. The lowest BCUT2D eigenvalue weighted by Gasteiger charge is -2.26. The van der Waals surface area contributed by atoms with Gasteiger partial charge in [-0.05, 0) is 42.0 Å². The number of aromatic nitrogens is 3. The zero-order chi connectivity index (χ0) is 25.8. The van der Waals surface area contributed by atoms with Gasteiger partial charge in [0, 0.05) is 60.4 Å². The normalized spacial score (nSPS) is 14.6. The fourth-order valence-corrected chi connectivity index (χ4v) is 4.25. The van der Waals surface area contributed by atoms with Gasteiger partial charge in [0.25, 0.3) is 0 Å². The number of hydrogen-bond donors (Lipinski definition) is 1. The quantitative estimate of drug-likeness (QED) is 0.352. The molecule has 8 nitrogen and oxygen atoms in total. The van der Waals surface area contributed by atoms with Crippen molar-refractivity contribution in [2.45, 2.75) is 12.9 Å². The van der Waals surface area contributed by atoms with Crippen LogP contribution in [-0.4, -0.2) is 66.0 Å². The predicted molar refractivity (Wildman–Crippen MR) is 133 cm³/mol. The molecular weight excluding hydrogens is 487 g/mol. The maximum atomic E-state index is 12.7. The molecule has 0 radical (unpaired) electrons. The highest BCUT2D eigenvalue weighted by Crippen LogP contribution is 2.34. The number of pyridine rings is 1. The van der Waals surface area contributed by atoms with Gasteiger partial charge in [-0.2, -0.15) is 5.10 Å². The third kappa shape index (κ3) is 6.30. The largest absolute Gasteiger partial charge is 0.573 e. The van der Waals surface area contributed by atoms with E-state index in [2.05, 4.69) is 25.0 Å². The van der Waals surface area contributed by atoms with E-state index >= 15 is 0 Å². The van der Waals surface area contributed by atoms with Crippen molar-refractivity contribution >= 4 is 22.3 Å². The second-order valence-corrected chi connectivity index (χ2v) is 8.61. The summed E-state index contributed by atoms with van der Waals surface area (Å²) in [5.41, 5.74) is 3.62. The van der Waals surface area contributed by atoms with Crippen LogP contribution in [0, 0.1) is 0 Å². The standard InChI is InChI=1S/C26H26F3N5O3/c1-35-22-13-18(19-16-31-34(17-19)7-6-33-8-10-36-11-9-33)12-20(14-22)32-25-4-5-30-24-3-2-21(15-23(24)25)37-26(27,28)29/h2-5,12-17H,6-11H2,1H3,(H,30,32). The average Bonchev–Trinajstić information content (AvgIpc) is 3.37. The molecule has 4 aromatic rings. The summed E-state index contributed by atoms with van der Waals surface area (Å²) in [5.74, 6) is 0.312. The zero-order valence-corrected chi connectivity index (χ0v) is 20.2. The topological polar surface area (TPSA) is 73.7 Å².